The number of rotatable bonds is 4. The molecule has 0 bridgehead atoms. The molecule has 0 aliphatic heterocycles. The van der Waals surface area contributed by atoms with Gasteiger partial charge < -0.3 is 10.1 Å². The first kappa shape index (κ1) is 14.1. The number of hydrogen-bond acceptors (Lipinski definition) is 5. The van der Waals surface area contributed by atoms with Crippen LogP contribution in [0.25, 0.3) is 11.0 Å². The number of aryl methyl sites for hydroxylation is 1. The van der Waals surface area contributed by atoms with Gasteiger partial charge in [-0.15, -0.1) is 0 Å². The molecule has 0 saturated heterocycles. The number of aromatic nitrogens is 4. The Hall–Kier alpha value is -2.88. The average Bonchev–Trinajstić information content (AvgIpc) is 3.02. The highest BCUT2D eigenvalue weighted by molar-refractivity contribution is 7.93. The maximum Gasteiger partial charge on any atom is 0.354 e. The van der Waals surface area contributed by atoms with E-state index >= 15 is 0 Å². The molecule has 9 nitrogen and oxygen atoms in total. The Kier molecular flexibility index (Phi) is 3.10. The van der Waals surface area contributed by atoms with Gasteiger partial charge in [0.15, 0.2) is 5.82 Å². The number of anilines is 1. The summed E-state index contributed by atoms with van der Waals surface area (Å²) >= 11 is 0. The van der Waals surface area contributed by atoms with Crippen LogP contribution >= 0.6 is 0 Å². The molecule has 0 unspecified atom stereocenters. The molecule has 0 atom stereocenters. The molecule has 0 aliphatic rings. The summed E-state index contributed by atoms with van der Waals surface area (Å²) in [6.07, 6.45) is 2.86. The third-order valence-electron chi connectivity index (χ3n) is 3.04. The number of aromatic amines is 1. The standard InChI is InChI=1S/C12H11N5O4S/c1-17-8(12(18)19)5-10(15-17)16-22(20,21)9-6-14-11-7(9)3-2-4-13-11/h2-6H,1H3,(H,13,14)(H,15,16)(H,18,19). The Bertz CT molecular complexity index is 972. The number of fused-ring (bicyclic) bond motifs is 1. The number of pyridine rings is 1. The fourth-order valence-electron chi connectivity index (χ4n) is 2.06. The van der Waals surface area contributed by atoms with Crippen molar-refractivity contribution in [3.05, 3.63) is 36.3 Å². The van der Waals surface area contributed by atoms with Crippen LogP contribution < -0.4 is 4.72 Å². The van der Waals surface area contributed by atoms with Gasteiger partial charge in [0, 0.05) is 30.9 Å². The number of nitrogens with zero attached hydrogens (tertiary/aromatic N) is 3. The van der Waals surface area contributed by atoms with Crippen molar-refractivity contribution >= 4 is 32.8 Å². The third kappa shape index (κ3) is 2.29. The first-order chi connectivity index (χ1) is 10.4. The van der Waals surface area contributed by atoms with Crippen molar-refractivity contribution < 1.29 is 18.3 Å². The molecule has 0 saturated carbocycles. The van der Waals surface area contributed by atoms with Crippen molar-refractivity contribution in [3.63, 3.8) is 0 Å². The second kappa shape index (κ2) is 4.84. The number of carboxylic acid groups (broad SMARTS) is 1. The summed E-state index contributed by atoms with van der Waals surface area (Å²) in [6.45, 7) is 0. The van der Waals surface area contributed by atoms with Gasteiger partial charge in [-0.3, -0.25) is 9.40 Å². The van der Waals surface area contributed by atoms with Crippen LogP contribution in [0.2, 0.25) is 0 Å². The van der Waals surface area contributed by atoms with Gasteiger partial charge in [-0.2, -0.15) is 5.10 Å². The van der Waals surface area contributed by atoms with Gasteiger partial charge in [-0.05, 0) is 12.1 Å². The normalized spacial score (nSPS) is 11.7. The Morgan fingerprint density at radius 3 is 2.91 bits per heavy atom. The van der Waals surface area contributed by atoms with Crippen LogP contribution in [0.3, 0.4) is 0 Å². The van der Waals surface area contributed by atoms with E-state index in [1.807, 2.05) is 0 Å². The quantitative estimate of drug-likeness (QED) is 0.651. The summed E-state index contributed by atoms with van der Waals surface area (Å²) in [5, 5.41) is 13.2. The predicted molar refractivity (Wildman–Crippen MR) is 77.1 cm³/mol. The van der Waals surface area contributed by atoms with Crippen LogP contribution in [0.15, 0.2) is 35.5 Å². The van der Waals surface area contributed by atoms with E-state index in [0.29, 0.717) is 11.0 Å². The second-order valence-corrected chi connectivity index (χ2v) is 6.15. The number of H-pyrrole nitrogens is 1. The van der Waals surface area contributed by atoms with Crippen LogP contribution in [0, 0.1) is 0 Å². The van der Waals surface area contributed by atoms with Crippen molar-refractivity contribution in [3.8, 4) is 0 Å². The lowest BCUT2D eigenvalue weighted by Gasteiger charge is -2.03. The van der Waals surface area contributed by atoms with Crippen molar-refractivity contribution in [2.75, 3.05) is 4.72 Å². The predicted octanol–water partition coefficient (Wildman–Crippen LogP) is 0.795. The number of aromatic carboxylic acids is 1. The Labute approximate surface area is 124 Å². The topological polar surface area (TPSA) is 130 Å². The second-order valence-electron chi connectivity index (χ2n) is 4.50. The summed E-state index contributed by atoms with van der Waals surface area (Å²) in [6, 6.07) is 4.39. The van der Waals surface area contributed by atoms with Crippen LogP contribution in [-0.2, 0) is 17.1 Å². The van der Waals surface area contributed by atoms with Gasteiger partial charge in [0.05, 0.1) is 0 Å². The molecule has 114 valence electrons. The molecule has 22 heavy (non-hydrogen) atoms. The van der Waals surface area contributed by atoms with Gasteiger partial charge in [-0.1, -0.05) is 0 Å². The van der Waals surface area contributed by atoms with Crippen LogP contribution in [0.4, 0.5) is 5.82 Å². The molecule has 0 aromatic carbocycles. The van der Waals surface area contributed by atoms with Crippen molar-refractivity contribution in [2.45, 2.75) is 4.90 Å². The fraction of sp³-hybridized carbons (Fsp3) is 0.0833. The molecule has 0 radical (unpaired) electrons. The summed E-state index contributed by atoms with van der Waals surface area (Å²) in [5.74, 6) is -1.27. The SMILES string of the molecule is Cn1nc(NS(=O)(=O)c2c[nH]c3ncccc23)cc1C(=O)O. The maximum atomic E-state index is 12.4. The molecule has 0 spiro atoms. The minimum atomic E-state index is -3.92. The zero-order valence-electron chi connectivity index (χ0n) is 11.3. The average molecular weight is 321 g/mol. The molecule has 10 heteroatoms. The van der Waals surface area contributed by atoms with E-state index in [2.05, 4.69) is 19.8 Å². The van der Waals surface area contributed by atoms with Crippen LogP contribution in [0.1, 0.15) is 10.5 Å². The molecule has 3 heterocycles. The van der Waals surface area contributed by atoms with Gasteiger partial charge in [-0.25, -0.2) is 18.2 Å². The smallest absolute Gasteiger partial charge is 0.354 e. The first-order valence-electron chi connectivity index (χ1n) is 6.11. The zero-order valence-corrected chi connectivity index (χ0v) is 12.1. The Balaban J connectivity index is 2.00. The van der Waals surface area contributed by atoms with E-state index in [-0.39, 0.29) is 16.4 Å². The largest absolute Gasteiger partial charge is 0.477 e. The zero-order chi connectivity index (χ0) is 15.9. The van der Waals surface area contributed by atoms with Crippen molar-refractivity contribution in [2.24, 2.45) is 7.05 Å². The number of sulfonamides is 1. The van der Waals surface area contributed by atoms with Gasteiger partial charge in [0.1, 0.15) is 16.2 Å². The van der Waals surface area contributed by atoms with E-state index in [1.165, 1.54) is 13.2 Å². The minimum absolute atomic E-state index is 0.0122. The van der Waals surface area contributed by atoms with Crippen LogP contribution in [-0.4, -0.2) is 39.2 Å². The molecular formula is C12H11N5O4S. The van der Waals surface area contributed by atoms with Crippen molar-refractivity contribution in [1.82, 2.24) is 19.7 Å². The first-order valence-corrected chi connectivity index (χ1v) is 7.59. The van der Waals surface area contributed by atoms with E-state index in [9.17, 15) is 13.2 Å². The molecule has 3 rings (SSSR count). The van der Waals surface area contributed by atoms with E-state index < -0.39 is 16.0 Å². The monoisotopic (exact) mass is 321 g/mol. The van der Waals surface area contributed by atoms with Crippen molar-refractivity contribution in [1.29, 1.82) is 0 Å². The molecule has 3 aromatic rings. The molecular weight excluding hydrogens is 310 g/mol. The Morgan fingerprint density at radius 1 is 1.45 bits per heavy atom. The highest BCUT2D eigenvalue weighted by Crippen LogP contribution is 2.23. The van der Waals surface area contributed by atoms with Gasteiger partial charge in [0.2, 0.25) is 0 Å². The third-order valence-corrected chi connectivity index (χ3v) is 4.44. The molecule has 3 aromatic heterocycles. The summed E-state index contributed by atoms with van der Waals surface area (Å²) in [4.78, 5) is 17.7. The number of hydrogen-bond donors (Lipinski definition) is 3. The van der Waals surface area contributed by atoms with E-state index in [1.54, 1.807) is 18.3 Å². The number of carboxylic acids is 1. The summed E-state index contributed by atoms with van der Waals surface area (Å²) in [5.41, 5.74) is 0.313. The molecule has 0 amide bonds. The van der Waals surface area contributed by atoms with E-state index in [0.717, 1.165) is 10.7 Å². The highest BCUT2D eigenvalue weighted by atomic mass is 32.2. The van der Waals surface area contributed by atoms with Crippen LogP contribution in [0.5, 0.6) is 0 Å². The van der Waals surface area contributed by atoms with Gasteiger partial charge in [0.25, 0.3) is 10.0 Å². The maximum absolute atomic E-state index is 12.4. The fourth-order valence-corrected chi connectivity index (χ4v) is 3.22. The minimum Gasteiger partial charge on any atom is -0.477 e. The number of carbonyl (C=O) groups is 1. The summed E-state index contributed by atoms with van der Waals surface area (Å²) in [7, 11) is -2.50. The van der Waals surface area contributed by atoms with Gasteiger partial charge >= 0.3 is 5.97 Å². The molecule has 0 fully saturated rings. The molecule has 0 aliphatic carbocycles. The lowest BCUT2D eigenvalue weighted by atomic mass is 10.3. The number of nitrogens with one attached hydrogen (secondary N) is 2. The lowest BCUT2D eigenvalue weighted by Crippen LogP contribution is -2.13. The summed E-state index contributed by atoms with van der Waals surface area (Å²) < 4.78 is 28.2. The Morgan fingerprint density at radius 2 is 2.23 bits per heavy atom. The van der Waals surface area contributed by atoms with E-state index in [4.69, 9.17) is 5.11 Å². The lowest BCUT2D eigenvalue weighted by molar-refractivity contribution is 0.0685. The molecule has 3 N–H and O–H groups in total. The highest BCUT2D eigenvalue weighted by Gasteiger charge is 2.22.